The number of aromatic hydroxyl groups is 1. The molecule has 0 radical (unpaired) electrons. The van der Waals surface area contributed by atoms with Crippen LogP contribution in [0.5, 0.6) is 5.75 Å². The van der Waals surface area contributed by atoms with Gasteiger partial charge in [0.2, 0.25) is 0 Å². The number of phenols is 1. The van der Waals surface area contributed by atoms with Crippen molar-refractivity contribution in [2.75, 3.05) is 0 Å². The van der Waals surface area contributed by atoms with Crippen LogP contribution < -0.4 is 0 Å². The van der Waals surface area contributed by atoms with Gasteiger partial charge in [0.05, 0.1) is 0 Å². The summed E-state index contributed by atoms with van der Waals surface area (Å²) in [6.07, 6.45) is 0.648. The first-order valence-corrected chi connectivity index (χ1v) is 3.64. The Hall–Kier alpha value is -1.09. The third-order valence-corrected chi connectivity index (χ3v) is 1.82. The lowest BCUT2D eigenvalue weighted by molar-refractivity contribution is -0.107. The van der Waals surface area contributed by atoms with Crippen LogP contribution in [0.15, 0.2) is 12.1 Å². The molecule has 0 saturated heterocycles. The van der Waals surface area contributed by atoms with E-state index in [1.54, 1.807) is 0 Å². The quantitative estimate of drug-likeness (QED) is 0.720. The van der Waals surface area contributed by atoms with Crippen molar-refractivity contribution < 1.29 is 14.3 Å². The SMILES string of the molecule is O=CCc1ccc(F)c(Cl)c1O. The Morgan fingerprint density at radius 2 is 2.25 bits per heavy atom. The number of aldehydes is 1. The molecule has 0 unspecified atom stereocenters. The van der Waals surface area contributed by atoms with Crippen LogP contribution in [0, 0.1) is 5.82 Å². The molecule has 0 aliphatic rings. The maximum absolute atomic E-state index is 12.6. The summed E-state index contributed by atoms with van der Waals surface area (Å²) in [5.41, 5.74) is 0.330. The zero-order valence-corrected chi connectivity index (χ0v) is 6.81. The second kappa shape index (κ2) is 3.54. The largest absolute Gasteiger partial charge is 0.506 e. The van der Waals surface area contributed by atoms with Gasteiger partial charge in [0.15, 0.2) is 0 Å². The number of rotatable bonds is 2. The van der Waals surface area contributed by atoms with Gasteiger partial charge in [-0.3, -0.25) is 0 Å². The molecule has 0 heterocycles. The zero-order valence-electron chi connectivity index (χ0n) is 6.05. The zero-order chi connectivity index (χ0) is 9.14. The van der Waals surface area contributed by atoms with Crippen LogP contribution in [-0.2, 0) is 11.2 Å². The maximum Gasteiger partial charge on any atom is 0.145 e. The van der Waals surface area contributed by atoms with Crippen molar-refractivity contribution in [1.29, 1.82) is 0 Å². The van der Waals surface area contributed by atoms with Crippen LogP contribution in [0.3, 0.4) is 0 Å². The average molecular weight is 189 g/mol. The summed E-state index contributed by atoms with van der Waals surface area (Å²) in [4.78, 5) is 10.1. The molecule has 0 amide bonds. The fourth-order valence-corrected chi connectivity index (χ4v) is 1.02. The monoisotopic (exact) mass is 188 g/mol. The average Bonchev–Trinajstić information content (AvgIpc) is 2.07. The smallest absolute Gasteiger partial charge is 0.145 e. The van der Waals surface area contributed by atoms with E-state index in [4.69, 9.17) is 11.6 Å². The highest BCUT2D eigenvalue weighted by Crippen LogP contribution is 2.29. The second-order valence-corrected chi connectivity index (χ2v) is 2.62. The number of benzene rings is 1. The molecular weight excluding hydrogens is 183 g/mol. The van der Waals surface area contributed by atoms with E-state index >= 15 is 0 Å². The van der Waals surface area contributed by atoms with Gasteiger partial charge in [0.1, 0.15) is 22.9 Å². The molecule has 0 aliphatic carbocycles. The van der Waals surface area contributed by atoms with E-state index in [2.05, 4.69) is 0 Å². The van der Waals surface area contributed by atoms with Crippen molar-refractivity contribution in [1.82, 2.24) is 0 Å². The molecule has 0 spiro atoms. The van der Waals surface area contributed by atoms with Crippen LogP contribution >= 0.6 is 11.6 Å². The van der Waals surface area contributed by atoms with E-state index in [1.165, 1.54) is 6.07 Å². The van der Waals surface area contributed by atoms with Crippen molar-refractivity contribution in [3.05, 3.63) is 28.5 Å². The molecular formula is C8H6ClFO2. The molecule has 64 valence electrons. The summed E-state index contributed by atoms with van der Waals surface area (Å²) in [5, 5.41) is 8.84. The lowest BCUT2D eigenvalue weighted by Gasteiger charge is -2.02. The van der Waals surface area contributed by atoms with Crippen LogP contribution in [0.1, 0.15) is 5.56 Å². The van der Waals surface area contributed by atoms with Crippen LogP contribution in [0.2, 0.25) is 5.02 Å². The predicted molar refractivity (Wildman–Crippen MR) is 42.8 cm³/mol. The Morgan fingerprint density at radius 1 is 1.58 bits per heavy atom. The van der Waals surface area contributed by atoms with Gasteiger partial charge in [0, 0.05) is 12.0 Å². The highest BCUT2D eigenvalue weighted by molar-refractivity contribution is 6.32. The highest BCUT2D eigenvalue weighted by atomic mass is 35.5. The van der Waals surface area contributed by atoms with Crippen molar-refractivity contribution >= 4 is 17.9 Å². The Kier molecular flexibility index (Phi) is 2.65. The van der Waals surface area contributed by atoms with E-state index in [0.717, 1.165) is 6.07 Å². The molecule has 0 aromatic heterocycles. The minimum Gasteiger partial charge on any atom is -0.506 e. The van der Waals surface area contributed by atoms with E-state index in [0.29, 0.717) is 11.8 Å². The Morgan fingerprint density at radius 3 is 2.83 bits per heavy atom. The van der Waals surface area contributed by atoms with Gasteiger partial charge in [-0.05, 0) is 6.07 Å². The fraction of sp³-hybridized carbons (Fsp3) is 0.125. The normalized spacial score (nSPS) is 9.83. The first-order valence-electron chi connectivity index (χ1n) is 3.26. The van der Waals surface area contributed by atoms with E-state index in [1.807, 2.05) is 0 Å². The second-order valence-electron chi connectivity index (χ2n) is 2.24. The third kappa shape index (κ3) is 1.56. The van der Waals surface area contributed by atoms with Gasteiger partial charge in [-0.15, -0.1) is 0 Å². The lowest BCUT2D eigenvalue weighted by atomic mass is 10.1. The van der Waals surface area contributed by atoms with Crippen molar-refractivity contribution in [3.63, 3.8) is 0 Å². The van der Waals surface area contributed by atoms with Gasteiger partial charge < -0.3 is 9.90 Å². The van der Waals surface area contributed by atoms with Crippen LogP contribution in [0.4, 0.5) is 4.39 Å². The highest BCUT2D eigenvalue weighted by Gasteiger charge is 2.09. The molecule has 0 atom stereocenters. The van der Waals surface area contributed by atoms with E-state index in [-0.39, 0.29) is 17.2 Å². The molecule has 0 aliphatic heterocycles. The summed E-state index contributed by atoms with van der Waals surface area (Å²) < 4.78 is 12.6. The number of halogens is 2. The standard InChI is InChI=1S/C8H6ClFO2/c9-7-6(10)2-1-5(3-4-11)8(7)12/h1-2,4,12H,3H2. The predicted octanol–water partition coefficient (Wildman–Crippen LogP) is 1.93. The number of hydrogen-bond donors (Lipinski definition) is 1. The molecule has 1 rings (SSSR count). The third-order valence-electron chi connectivity index (χ3n) is 1.46. The lowest BCUT2D eigenvalue weighted by Crippen LogP contribution is -1.89. The molecule has 1 aromatic carbocycles. The number of phenolic OH excluding ortho intramolecular Hbond substituents is 1. The molecule has 1 aromatic rings. The van der Waals surface area contributed by atoms with Gasteiger partial charge in [-0.2, -0.15) is 0 Å². The minimum absolute atomic E-state index is 0.0336. The first kappa shape index (κ1) is 9.00. The topological polar surface area (TPSA) is 37.3 Å². The Labute approximate surface area is 73.6 Å². The van der Waals surface area contributed by atoms with Crippen LogP contribution in [0.25, 0.3) is 0 Å². The summed E-state index contributed by atoms with van der Waals surface area (Å²) in [5.74, 6) is -1.05. The van der Waals surface area contributed by atoms with E-state index in [9.17, 15) is 14.3 Å². The fourth-order valence-electron chi connectivity index (χ4n) is 0.834. The molecule has 0 bridgehead atoms. The van der Waals surface area contributed by atoms with Crippen molar-refractivity contribution in [2.45, 2.75) is 6.42 Å². The molecule has 0 fully saturated rings. The summed E-state index contributed by atoms with van der Waals surface area (Å²) in [7, 11) is 0. The molecule has 0 saturated carbocycles. The van der Waals surface area contributed by atoms with Crippen molar-refractivity contribution in [3.8, 4) is 5.75 Å². The minimum atomic E-state index is -0.691. The van der Waals surface area contributed by atoms with Crippen LogP contribution in [-0.4, -0.2) is 11.4 Å². The molecule has 2 nitrogen and oxygen atoms in total. The Balaban J connectivity index is 3.16. The summed E-state index contributed by atoms with van der Waals surface area (Å²) >= 11 is 5.38. The maximum atomic E-state index is 12.6. The summed E-state index contributed by atoms with van der Waals surface area (Å²) in [6.45, 7) is 0. The van der Waals surface area contributed by atoms with Gasteiger partial charge in [0.25, 0.3) is 0 Å². The number of carbonyl (C=O) groups excluding carboxylic acids is 1. The molecule has 12 heavy (non-hydrogen) atoms. The van der Waals surface area contributed by atoms with E-state index < -0.39 is 5.82 Å². The van der Waals surface area contributed by atoms with Gasteiger partial charge >= 0.3 is 0 Å². The molecule has 4 heteroatoms. The number of hydrogen-bond acceptors (Lipinski definition) is 2. The number of carbonyl (C=O) groups is 1. The molecule has 1 N–H and O–H groups in total. The van der Waals surface area contributed by atoms with Gasteiger partial charge in [-0.25, -0.2) is 4.39 Å². The van der Waals surface area contributed by atoms with Gasteiger partial charge in [-0.1, -0.05) is 17.7 Å². The first-order chi connectivity index (χ1) is 5.66. The van der Waals surface area contributed by atoms with Crippen molar-refractivity contribution in [2.24, 2.45) is 0 Å². The summed E-state index contributed by atoms with van der Waals surface area (Å²) in [6, 6.07) is 2.44. The Bertz CT molecular complexity index is 312.